The van der Waals surface area contributed by atoms with E-state index < -0.39 is 27.9 Å². The van der Waals surface area contributed by atoms with Crippen LogP contribution in [0.4, 0.5) is 5.69 Å². The number of carbonyl (C=O) groups excluding carboxylic acids is 2. The highest BCUT2D eigenvalue weighted by Gasteiger charge is 2.21. The number of anilines is 1. The van der Waals surface area contributed by atoms with Gasteiger partial charge in [0.15, 0.2) is 0 Å². The molecule has 2 amide bonds. The predicted octanol–water partition coefficient (Wildman–Crippen LogP) is 0.927. The highest BCUT2D eigenvalue weighted by molar-refractivity contribution is 7.92. The van der Waals surface area contributed by atoms with E-state index in [0.29, 0.717) is 12.2 Å². The van der Waals surface area contributed by atoms with Gasteiger partial charge in [-0.05, 0) is 49.2 Å². The molecule has 9 nitrogen and oxygen atoms in total. The number of ether oxygens (including phenoxy) is 1. The smallest absolute Gasteiger partial charge is 0.251 e. The standard InChI is InChI=1S/C22H27N3O6S/c1-14-13-31-20-6-4-5-15(8-20)7-18(12-26)24-22(28)17-9-16(21(27)23-14)10-19(11-17)25(2)32(3,29)30/h4-6,8-11,14,18,26H,7,12-13H2,1-3H3,(H,23,27)(H,24,28)/t14-,18?/m0/s1. The van der Waals surface area contributed by atoms with Crippen molar-refractivity contribution in [1.29, 1.82) is 0 Å². The molecule has 172 valence electrons. The summed E-state index contributed by atoms with van der Waals surface area (Å²) in [5.74, 6) is -0.391. The number of fused-ring (bicyclic) bond motifs is 4. The van der Waals surface area contributed by atoms with Gasteiger partial charge >= 0.3 is 0 Å². The number of amides is 2. The van der Waals surface area contributed by atoms with E-state index in [-0.39, 0.29) is 36.1 Å². The monoisotopic (exact) mass is 461 g/mol. The summed E-state index contributed by atoms with van der Waals surface area (Å²) in [6.07, 6.45) is 1.39. The first-order chi connectivity index (χ1) is 15.1. The molecule has 1 aliphatic rings. The maximum Gasteiger partial charge on any atom is 0.251 e. The molecule has 0 fully saturated rings. The van der Waals surface area contributed by atoms with E-state index in [1.807, 2.05) is 18.2 Å². The van der Waals surface area contributed by atoms with Gasteiger partial charge < -0.3 is 20.5 Å². The summed E-state index contributed by atoms with van der Waals surface area (Å²) >= 11 is 0. The van der Waals surface area contributed by atoms with Gasteiger partial charge in [-0.15, -0.1) is 0 Å². The number of sulfonamides is 1. The van der Waals surface area contributed by atoms with Crippen molar-refractivity contribution in [3.05, 3.63) is 59.2 Å². The molecule has 0 aromatic heterocycles. The number of hydrogen-bond acceptors (Lipinski definition) is 6. The van der Waals surface area contributed by atoms with Gasteiger partial charge in [0.1, 0.15) is 12.4 Å². The number of aliphatic hydroxyl groups excluding tert-OH is 1. The van der Waals surface area contributed by atoms with Crippen molar-refractivity contribution in [3.8, 4) is 5.75 Å². The Hall–Kier alpha value is -3.11. The Balaban J connectivity index is 2.05. The lowest BCUT2D eigenvalue weighted by molar-refractivity contribution is 0.0916. The van der Waals surface area contributed by atoms with E-state index in [2.05, 4.69) is 10.6 Å². The summed E-state index contributed by atoms with van der Waals surface area (Å²) in [7, 11) is -2.28. The van der Waals surface area contributed by atoms with Gasteiger partial charge in [0.05, 0.1) is 30.6 Å². The summed E-state index contributed by atoms with van der Waals surface area (Å²) in [5, 5.41) is 15.4. The zero-order valence-electron chi connectivity index (χ0n) is 18.2. The second kappa shape index (κ2) is 9.58. The molecule has 0 saturated carbocycles. The number of rotatable bonds is 3. The molecule has 0 saturated heterocycles. The average Bonchev–Trinajstić information content (AvgIpc) is 2.75. The van der Waals surface area contributed by atoms with Crippen LogP contribution in [0, 0.1) is 0 Å². The fourth-order valence-corrected chi connectivity index (χ4v) is 3.78. The van der Waals surface area contributed by atoms with Crippen LogP contribution in [0.25, 0.3) is 0 Å². The topological polar surface area (TPSA) is 125 Å². The minimum Gasteiger partial charge on any atom is -0.491 e. The Morgan fingerprint density at radius 1 is 1.09 bits per heavy atom. The Morgan fingerprint density at radius 3 is 2.38 bits per heavy atom. The molecule has 2 aromatic carbocycles. The van der Waals surface area contributed by atoms with Crippen LogP contribution in [0.1, 0.15) is 33.2 Å². The lowest BCUT2D eigenvalue weighted by Gasteiger charge is -2.20. The molecule has 32 heavy (non-hydrogen) atoms. The second-order valence-corrected chi connectivity index (χ2v) is 9.90. The maximum absolute atomic E-state index is 13.0. The van der Waals surface area contributed by atoms with Crippen LogP contribution in [0.2, 0.25) is 0 Å². The molecular weight excluding hydrogens is 434 g/mol. The zero-order valence-corrected chi connectivity index (χ0v) is 19.0. The van der Waals surface area contributed by atoms with E-state index in [0.717, 1.165) is 16.1 Å². The summed E-state index contributed by atoms with van der Waals surface area (Å²) in [5.41, 5.74) is 1.27. The zero-order chi connectivity index (χ0) is 23.5. The molecule has 3 N–H and O–H groups in total. The van der Waals surface area contributed by atoms with Crippen LogP contribution >= 0.6 is 0 Å². The largest absolute Gasteiger partial charge is 0.491 e. The third-order valence-electron chi connectivity index (χ3n) is 5.12. The summed E-state index contributed by atoms with van der Waals surface area (Å²) in [6.45, 7) is 1.69. The van der Waals surface area contributed by atoms with Crippen molar-refractivity contribution in [2.24, 2.45) is 0 Å². The molecule has 1 heterocycles. The van der Waals surface area contributed by atoms with Gasteiger partial charge in [-0.3, -0.25) is 13.9 Å². The van der Waals surface area contributed by atoms with E-state index in [4.69, 9.17) is 4.74 Å². The van der Waals surface area contributed by atoms with Crippen molar-refractivity contribution < 1.29 is 27.9 Å². The van der Waals surface area contributed by atoms with Crippen molar-refractivity contribution in [3.63, 3.8) is 0 Å². The van der Waals surface area contributed by atoms with Crippen LogP contribution in [-0.2, 0) is 16.4 Å². The molecule has 1 unspecified atom stereocenters. The highest BCUT2D eigenvalue weighted by Crippen LogP contribution is 2.22. The average molecular weight is 462 g/mol. The van der Waals surface area contributed by atoms with Gasteiger partial charge in [-0.2, -0.15) is 0 Å². The van der Waals surface area contributed by atoms with Crippen LogP contribution in [0.3, 0.4) is 0 Å². The maximum atomic E-state index is 13.0. The van der Waals surface area contributed by atoms with Gasteiger partial charge in [0.25, 0.3) is 11.8 Å². The number of aliphatic hydroxyl groups is 1. The van der Waals surface area contributed by atoms with E-state index >= 15 is 0 Å². The Morgan fingerprint density at radius 2 is 1.75 bits per heavy atom. The molecule has 0 spiro atoms. The lowest BCUT2D eigenvalue weighted by atomic mass is 10.0. The van der Waals surface area contributed by atoms with Crippen LogP contribution in [0.15, 0.2) is 42.5 Å². The van der Waals surface area contributed by atoms with Gasteiger partial charge in [0.2, 0.25) is 10.0 Å². The fraction of sp³-hybridized carbons (Fsp3) is 0.364. The van der Waals surface area contributed by atoms with Crippen LogP contribution in [0.5, 0.6) is 5.75 Å². The molecule has 2 atom stereocenters. The first-order valence-electron chi connectivity index (χ1n) is 10.1. The molecular formula is C22H27N3O6S. The summed E-state index contributed by atoms with van der Waals surface area (Å²) in [4.78, 5) is 25.8. The Kier molecular flexibility index (Phi) is 7.05. The van der Waals surface area contributed by atoms with Crippen molar-refractivity contribution in [1.82, 2.24) is 10.6 Å². The van der Waals surface area contributed by atoms with Gasteiger partial charge in [-0.25, -0.2) is 8.42 Å². The van der Waals surface area contributed by atoms with Gasteiger partial charge in [-0.1, -0.05) is 12.1 Å². The van der Waals surface area contributed by atoms with Crippen molar-refractivity contribution in [2.75, 3.05) is 30.8 Å². The van der Waals surface area contributed by atoms with Crippen molar-refractivity contribution in [2.45, 2.75) is 25.4 Å². The van der Waals surface area contributed by atoms with Crippen LogP contribution < -0.4 is 19.7 Å². The molecule has 1 aliphatic heterocycles. The number of nitrogens with zero attached hydrogens (tertiary/aromatic N) is 1. The number of nitrogens with one attached hydrogen (secondary N) is 2. The minimum absolute atomic E-state index is 0.106. The molecule has 4 bridgehead atoms. The number of hydrogen-bond donors (Lipinski definition) is 3. The number of benzene rings is 2. The fourth-order valence-electron chi connectivity index (χ4n) is 3.29. The second-order valence-electron chi connectivity index (χ2n) is 7.89. The van der Waals surface area contributed by atoms with E-state index in [9.17, 15) is 23.1 Å². The third kappa shape index (κ3) is 5.77. The molecule has 10 heteroatoms. The summed E-state index contributed by atoms with van der Waals surface area (Å²) in [6, 6.07) is 10.6. The number of carbonyl (C=O) groups is 2. The first kappa shape index (κ1) is 23.6. The summed E-state index contributed by atoms with van der Waals surface area (Å²) < 4.78 is 30.9. The third-order valence-corrected chi connectivity index (χ3v) is 6.32. The highest BCUT2D eigenvalue weighted by atomic mass is 32.2. The Bertz CT molecular complexity index is 1120. The lowest BCUT2D eigenvalue weighted by Crippen LogP contribution is -2.39. The minimum atomic E-state index is -3.62. The SMILES string of the molecule is C[C@H]1COc2cccc(c2)CC(CO)NC(=O)c2cc(cc(N(C)S(C)(=O)=O)c2)C(=O)N1. The molecule has 2 aromatic rings. The quantitative estimate of drug-likeness (QED) is 0.625. The van der Waals surface area contributed by atoms with Gasteiger partial charge in [0, 0.05) is 18.2 Å². The van der Waals surface area contributed by atoms with E-state index in [1.165, 1.54) is 25.2 Å². The predicted molar refractivity (Wildman–Crippen MR) is 121 cm³/mol. The Labute approximate surface area is 187 Å². The molecule has 0 radical (unpaired) electrons. The van der Waals surface area contributed by atoms with Crippen LogP contribution in [-0.4, -0.2) is 63.9 Å². The first-order valence-corrected chi connectivity index (χ1v) is 11.9. The molecule has 3 rings (SSSR count). The van der Waals surface area contributed by atoms with Crippen molar-refractivity contribution >= 4 is 27.5 Å². The van der Waals surface area contributed by atoms with E-state index in [1.54, 1.807) is 13.0 Å². The molecule has 0 aliphatic carbocycles. The normalized spacial score (nSPS) is 19.6.